The lowest BCUT2D eigenvalue weighted by molar-refractivity contribution is -0.141. The highest BCUT2D eigenvalue weighted by molar-refractivity contribution is 7.10. The van der Waals surface area contributed by atoms with E-state index in [9.17, 15) is 18.8 Å². The van der Waals surface area contributed by atoms with Crippen molar-refractivity contribution in [2.75, 3.05) is 33.0 Å². The number of anilines is 2. The average molecular weight is 517 g/mol. The number of halogens is 1. The third-order valence-electron chi connectivity index (χ3n) is 6.04. The van der Waals surface area contributed by atoms with Crippen molar-refractivity contribution >= 4 is 34.7 Å². The summed E-state index contributed by atoms with van der Waals surface area (Å²) in [4.78, 5) is 40.3. The van der Waals surface area contributed by atoms with Crippen molar-refractivity contribution in [1.82, 2.24) is 4.57 Å². The van der Waals surface area contributed by atoms with Crippen molar-refractivity contribution in [3.8, 4) is 23.0 Å². The smallest absolute Gasteiger partial charge is 0.325 e. The number of aromatic nitrogens is 1. The molecule has 0 bridgehead atoms. The Morgan fingerprint density at radius 1 is 1.11 bits per heavy atom. The van der Waals surface area contributed by atoms with E-state index in [4.69, 9.17) is 23.7 Å². The van der Waals surface area contributed by atoms with E-state index in [0.29, 0.717) is 39.1 Å². The third-order valence-corrected chi connectivity index (χ3v) is 7.12. The summed E-state index contributed by atoms with van der Waals surface area (Å²) < 4.78 is 41.9. The minimum absolute atomic E-state index is 0.00562. The first kappa shape index (κ1) is 23.7. The summed E-state index contributed by atoms with van der Waals surface area (Å²) in [5, 5.41) is 0. The zero-order chi connectivity index (χ0) is 25.6. The standard InChI is InChI=1S/C24H21FN2O8S/c1-31-18(29)10-26-23-22(36-24(26)30)15(9-17(28)27(23)13-6-4-12(25)5-7-13)14-8-16-20(35-11-34-16)21(33-3)19(14)32-2/h4-8,15H,9-11H2,1-3H3/t15-/m0/s1. The Balaban J connectivity index is 1.74. The third kappa shape index (κ3) is 3.73. The first-order chi connectivity index (χ1) is 17.4. The number of hydrogen-bond donors (Lipinski definition) is 0. The number of ether oxygens (including phenoxy) is 5. The van der Waals surface area contributed by atoms with E-state index in [1.54, 1.807) is 6.07 Å². The maximum absolute atomic E-state index is 13.6. The summed E-state index contributed by atoms with van der Waals surface area (Å²) in [6, 6.07) is 7.01. The molecule has 0 spiro atoms. The molecule has 1 amide bonds. The number of carbonyl (C=O) groups is 2. The summed E-state index contributed by atoms with van der Waals surface area (Å²) in [6.07, 6.45) is -0.0400. The summed E-state index contributed by atoms with van der Waals surface area (Å²) >= 11 is 0.905. The number of fused-ring (bicyclic) bond motifs is 2. The SMILES string of the molecule is COC(=O)Cn1c2c(sc1=O)[C@H](c1cc3c(c(OC)c1OC)OCO3)CC(=O)N2c1ccc(F)cc1. The van der Waals surface area contributed by atoms with Gasteiger partial charge in [0.2, 0.25) is 24.2 Å². The van der Waals surface area contributed by atoms with Crippen molar-refractivity contribution in [3.05, 3.63) is 56.3 Å². The van der Waals surface area contributed by atoms with Gasteiger partial charge in [-0.1, -0.05) is 11.3 Å². The molecule has 0 fully saturated rings. The summed E-state index contributed by atoms with van der Waals surface area (Å²) in [5.74, 6) is -0.483. The van der Waals surface area contributed by atoms with Crippen LogP contribution in [-0.2, 0) is 20.9 Å². The van der Waals surface area contributed by atoms with Crippen LogP contribution in [0.3, 0.4) is 0 Å². The lowest BCUT2D eigenvalue weighted by Crippen LogP contribution is -2.36. The first-order valence-electron chi connectivity index (χ1n) is 10.8. The molecule has 188 valence electrons. The maximum Gasteiger partial charge on any atom is 0.325 e. The first-order valence-corrected chi connectivity index (χ1v) is 11.6. The van der Waals surface area contributed by atoms with Crippen LogP contribution in [0.15, 0.2) is 35.1 Å². The second kappa shape index (κ2) is 9.19. The van der Waals surface area contributed by atoms with Crippen LogP contribution in [0.4, 0.5) is 15.9 Å². The molecule has 0 N–H and O–H groups in total. The molecule has 0 radical (unpaired) electrons. The van der Waals surface area contributed by atoms with Gasteiger partial charge in [-0.2, -0.15) is 0 Å². The van der Waals surface area contributed by atoms with Gasteiger partial charge in [-0.05, 0) is 30.3 Å². The van der Waals surface area contributed by atoms with Gasteiger partial charge in [0.05, 0.1) is 31.9 Å². The van der Waals surface area contributed by atoms with Crippen molar-refractivity contribution in [2.45, 2.75) is 18.9 Å². The molecule has 0 saturated carbocycles. The van der Waals surface area contributed by atoms with Gasteiger partial charge in [-0.15, -0.1) is 0 Å². The van der Waals surface area contributed by atoms with Crippen molar-refractivity contribution in [3.63, 3.8) is 0 Å². The Morgan fingerprint density at radius 3 is 2.50 bits per heavy atom. The van der Waals surface area contributed by atoms with Crippen molar-refractivity contribution < 1.29 is 37.7 Å². The van der Waals surface area contributed by atoms with Gasteiger partial charge in [-0.3, -0.25) is 23.9 Å². The Kier molecular flexibility index (Phi) is 6.04. The van der Waals surface area contributed by atoms with Crippen LogP contribution in [0.2, 0.25) is 0 Å². The second-order valence-electron chi connectivity index (χ2n) is 7.95. The molecule has 0 unspecified atom stereocenters. The van der Waals surface area contributed by atoms with Crippen LogP contribution in [0, 0.1) is 5.82 Å². The molecule has 36 heavy (non-hydrogen) atoms. The quantitative estimate of drug-likeness (QED) is 0.460. The van der Waals surface area contributed by atoms with Crippen LogP contribution >= 0.6 is 11.3 Å². The van der Waals surface area contributed by atoms with Crippen LogP contribution in [0.25, 0.3) is 0 Å². The highest BCUT2D eigenvalue weighted by Gasteiger charge is 2.41. The fourth-order valence-corrected chi connectivity index (χ4v) is 5.55. The minimum Gasteiger partial charge on any atom is -0.492 e. The number of nitrogens with zero attached hydrogens (tertiary/aromatic N) is 2. The lowest BCUT2D eigenvalue weighted by atomic mass is 9.89. The van der Waals surface area contributed by atoms with Crippen molar-refractivity contribution in [2.24, 2.45) is 0 Å². The van der Waals surface area contributed by atoms with E-state index in [-0.39, 0.29) is 24.9 Å². The largest absolute Gasteiger partial charge is 0.492 e. The fraction of sp³-hybridized carbons (Fsp3) is 0.292. The lowest BCUT2D eigenvalue weighted by Gasteiger charge is -2.33. The monoisotopic (exact) mass is 516 g/mol. The van der Waals surface area contributed by atoms with E-state index in [1.807, 2.05) is 0 Å². The highest BCUT2D eigenvalue weighted by atomic mass is 32.1. The molecule has 2 aromatic carbocycles. The summed E-state index contributed by atoms with van der Waals surface area (Å²) in [6.45, 7) is -0.408. The van der Waals surface area contributed by atoms with E-state index < -0.39 is 29.1 Å². The minimum atomic E-state index is -0.659. The maximum atomic E-state index is 13.6. The van der Waals surface area contributed by atoms with Crippen molar-refractivity contribution in [1.29, 1.82) is 0 Å². The zero-order valence-electron chi connectivity index (χ0n) is 19.5. The predicted molar refractivity (Wildman–Crippen MR) is 126 cm³/mol. The second-order valence-corrected chi connectivity index (χ2v) is 8.94. The molecule has 2 aliphatic heterocycles. The van der Waals surface area contributed by atoms with Crippen LogP contribution in [0.5, 0.6) is 23.0 Å². The molecule has 10 nitrogen and oxygen atoms in total. The number of hydrogen-bond acceptors (Lipinski definition) is 9. The van der Waals surface area contributed by atoms with Gasteiger partial charge in [-0.25, -0.2) is 4.39 Å². The number of amides is 1. The number of methoxy groups -OCH3 is 3. The van der Waals surface area contributed by atoms with Crippen LogP contribution < -0.4 is 28.7 Å². The molecule has 3 aromatic rings. The average Bonchev–Trinajstić information content (AvgIpc) is 3.47. The molecule has 12 heteroatoms. The van der Waals surface area contributed by atoms with Gasteiger partial charge in [0.1, 0.15) is 18.2 Å². The summed E-state index contributed by atoms with van der Waals surface area (Å²) in [5.41, 5.74) is 0.908. The summed E-state index contributed by atoms with van der Waals surface area (Å²) in [7, 11) is 4.13. The van der Waals surface area contributed by atoms with Gasteiger partial charge in [0.25, 0.3) is 0 Å². The molecule has 2 aliphatic rings. The van der Waals surface area contributed by atoms with Crippen LogP contribution in [0.1, 0.15) is 22.8 Å². The normalized spacial score (nSPS) is 16.1. The number of thiazole rings is 1. The molecular formula is C24H21FN2O8S. The Bertz CT molecular complexity index is 1410. The molecular weight excluding hydrogens is 495 g/mol. The topological polar surface area (TPSA) is 106 Å². The molecule has 0 aliphatic carbocycles. The fourth-order valence-electron chi connectivity index (χ4n) is 4.46. The van der Waals surface area contributed by atoms with E-state index in [2.05, 4.69) is 0 Å². The molecule has 0 saturated heterocycles. The van der Waals surface area contributed by atoms with E-state index in [0.717, 1.165) is 11.3 Å². The molecule has 3 heterocycles. The zero-order valence-corrected chi connectivity index (χ0v) is 20.3. The Morgan fingerprint density at radius 2 is 1.83 bits per heavy atom. The van der Waals surface area contributed by atoms with Gasteiger partial charge in [0, 0.05) is 17.9 Å². The highest BCUT2D eigenvalue weighted by Crippen LogP contribution is 2.54. The van der Waals surface area contributed by atoms with Gasteiger partial charge >= 0.3 is 10.8 Å². The number of carbonyl (C=O) groups excluding carboxylic acids is 2. The Hall–Kier alpha value is -4.06. The van der Waals surface area contributed by atoms with E-state index in [1.165, 1.54) is 55.1 Å². The molecule has 1 aromatic heterocycles. The van der Waals surface area contributed by atoms with Crippen LogP contribution in [-0.4, -0.2) is 44.6 Å². The Labute approximate surface area is 208 Å². The van der Waals surface area contributed by atoms with Gasteiger partial charge in [0.15, 0.2) is 11.5 Å². The predicted octanol–water partition coefficient (Wildman–Crippen LogP) is 3.17. The molecule has 1 atom stereocenters. The number of benzene rings is 2. The number of rotatable bonds is 6. The number of esters is 1. The van der Waals surface area contributed by atoms with E-state index >= 15 is 0 Å². The van der Waals surface area contributed by atoms with Gasteiger partial charge < -0.3 is 23.7 Å². The molecule has 5 rings (SSSR count).